The number of alkyl halides is 3. The number of nitrogens with zero attached hydrogens (tertiary/aromatic N) is 3. The van der Waals surface area contributed by atoms with Gasteiger partial charge in [0.15, 0.2) is 0 Å². The Morgan fingerprint density at radius 3 is 2.52 bits per heavy atom. The van der Waals surface area contributed by atoms with Crippen molar-refractivity contribution in [3.05, 3.63) is 42.6 Å². The molecule has 27 heavy (non-hydrogen) atoms. The molecule has 7 nitrogen and oxygen atoms in total. The second-order valence-corrected chi connectivity index (χ2v) is 7.76. The Morgan fingerprint density at radius 1 is 1.15 bits per heavy atom. The first kappa shape index (κ1) is 19.4. The number of rotatable bonds is 5. The summed E-state index contributed by atoms with van der Waals surface area (Å²) in [4.78, 5) is -0.114. The summed E-state index contributed by atoms with van der Waals surface area (Å²) in [5.74, 6) is -0.181. The molecule has 1 fully saturated rings. The molecule has 2 aromatic rings. The van der Waals surface area contributed by atoms with Gasteiger partial charge in [0, 0.05) is 18.8 Å². The van der Waals surface area contributed by atoms with Gasteiger partial charge in [0.05, 0.1) is 11.4 Å². The minimum absolute atomic E-state index is 0.111. The van der Waals surface area contributed by atoms with Gasteiger partial charge >= 0.3 is 6.36 Å². The highest BCUT2D eigenvalue weighted by molar-refractivity contribution is 7.89. The van der Waals surface area contributed by atoms with Gasteiger partial charge < -0.3 is 9.47 Å². The minimum atomic E-state index is -4.84. The first-order valence-corrected chi connectivity index (χ1v) is 9.48. The van der Waals surface area contributed by atoms with Crippen LogP contribution >= 0.6 is 0 Å². The Morgan fingerprint density at radius 2 is 1.89 bits per heavy atom. The average molecular weight is 403 g/mol. The molecule has 1 aliphatic heterocycles. The molecule has 0 N–H and O–H groups in total. The molecule has 0 bridgehead atoms. The molecule has 0 radical (unpaired) electrons. The Labute approximate surface area is 153 Å². The van der Waals surface area contributed by atoms with Crippen molar-refractivity contribution in [3.63, 3.8) is 0 Å². The number of aromatic nitrogens is 2. The third-order valence-electron chi connectivity index (χ3n) is 3.87. The monoisotopic (exact) mass is 403 g/mol. The largest absolute Gasteiger partial charge is 0.573 e. The van der Waals surface area contributed by atoms with Crippen molar-refractivity contribution >= 4 is 10.0 Å². The molecule has 146 valence electrons. The molecule has 1 aromatic heterocycles. The fourth-order valence-corrected chi connectivity index (χ4v) is 4.21. The smallest absolute Gasteiger partial charge is 0.472 e. The first-order valence-electron chi connectivity index (χ1n) is 8.04. The highest BCUT2D eigenvalue weighted by atomic mass is 32.2. The van der Waals surface area contributed by atoms with Crippen LogP contribution in [0.5, 0.6) is 11.6 Å². The fourth-order valence-electron chi connectivity index (χ4n) is 2.70. The van der Waals surface area contributed by atoms with E-state index in [0.29, 0.717) is 25.3 Å². The maximum atomic E-state index is 12.8. The van der Waals surface area contributed by atoms with Crippen molar-refractivity contribution in [1.82, 2.24) is 14.5 Å². The maximum Gasteiger partial charge on any atom is 0.573 e. The predicted molar refractivity (Wildman–Crippen MR) is 87.6 cm³/mol. The van der Waals surface area contributed by atoms with Crippen LogP contribution in [-0.2, 0) is 10.0 Å². The van der Waals surface area contributed by atoms with Crippen LogP contribution in [0.2, 0.25) is 0 Å². The van der Waals surface area contributed by atoms with Gasteiger partial charge in [-0.2, -0.15) is 9.40 Å². The Hall–Kier alpha value is -2.40. The number of benzene rings is 1. The van der Waals surface area contributed by atoms with Crippen LogP contribution in [0.25, 0.3) is 0 Å². The number of hydrogen-bond donors (Lipinski definition) is 0. The van der Waals surface area contributed by atoms with Gasteiger partial charge in [0.25, 0.3) is 0 Å². The zero-order chi connectivity index (χ0) is 19.5. The molecule has 0 amide bonds. The van der Waals surface area contributed by atoms with E-state index in [0.717, 1.165) is 24.3 Å². The summed E-state index contributed by atoms with van der Waals surface area (Å²) in [5.41, 5.74) is 0. The summed E-state index contributed by atoms with van der Waals surface area (Å²) in [6.45, 7) is 0.406. The molecule has 2 heterocycles. The highest BCUT2D eigenvalue weighted by Crippen LogP contribution is 2.27. The maximum absolute atomic E-state index is 12.8. The first-order chi connectivity index (χ1) is 12.7. The van der Waals surface area contributed by atoms with E-state index >= 15 is 0 Å². The Balaban J connectivity index is 1.70. The van der Waals surface area contributed by atoms with E-state index in [4.69, 9.17) is 4.74 Å². The SMILES string of the molecule is O=S(=O)(c1ccc(OC(F)(F)F)cc1)N1CCCC(Oc2cccnn2)C1. The van der Waals surface area contributed by atoms with E-state index in [1.807, 2.05) is 0 Å². The lowest BCUT2D eigenvalue weighted by Crippen LogP contribution is -2.44. The average Bonchev–Trinajstić information content (AvgIpc) is 2.62. The van der Waals surface area contributed by atoms with Crippen molar-refractivity contribution < 1.29 is 31.1 Å². The summed E-state index contributed by atoms with van der Waals surface area (Å²) >= 11 is 0. The van der Waals surface area contributed by atoms with Crippen LogP contribution in [-0.4, -0.2) is 48.5 Å². The second-order valence-electron chi connectivity index (χ2n) is 5.83. The quantitative estimate of drug-likeness (QED) is 0.763. The number of piperidine rings is 1. The van der Waals surface area contributed by atoms with Gasteiger partial charge in [-0.05, 0) is 43.2 Å². The fraction of sp³-hybridized carbons (Fsp3) is 0.375. The summed E-state index contributed by atoms with van der Waals surface area (Å²) in [7, 11) is -3.87. The van der Waals surface area contributed by atoms with Crippen molar-refractivity contribution in [2.24, 2.45) is 0 Å². The lowest BCUT2D eigenvalue weighted by Gasteiger charge is -2.31. The number of halogens is 3. The molecule has 1 atom stereocenters. The van der Waals surface area contributed by atoms with Crippen LogP contribution in [0.1, 0.15) is 12.8 Å². The van der Waals surface area contributed by atoms with E-state index < -0.39 is 28.2 Å². The van der Waals surface area contributed by atoms with Crippen molar-refractivity contribution in [3.8, 4) is 11.6 Å². The lowest BCUT2D eigenvalue weighted by molar-refractivity contribution is -0.274. The van der Waals surface area contributed by atoms with Crippen LogP contribution in [0.15, 0.2) is 47.5 Å². The highest BCUT2D eigenvalue weighted by Gasteiger charge is 2.33. The molecule has 11 heteroatoms. The Bertz CT molecular complexity index is 861. The van der Waals surface area contributed by atoms with Gasteiger partial charge in [-0.3, -0.25) is 0 Å². The van der Waals surface area contributed by atoms with Gasteiger partial charge in [-0.1, -0.05) is 0 Å². The summed E-state index contributed by atoms with van der Waals surface area (Å²) in [6, 6.07) is 7.40. The van der Waals surface area contributed by atoms with Crippen LogP contribution in [0.4, 0.5) is 13.2 Å². The summed E-state index contributed by atoms with van der Waals surface area (Å²) in [5, 5.41) is 7.51. The van der Waals surface area contributed by atoms with Gasteiger partial charge in [0.1, 0.15) is 11.9 Å². The van der Waals surface area contributed by atoms with Gasteiger partial charge in [-0.15, -0.1) is 18.3 Å². The van der Waals surface area contributed by atoms with E-state index in [1.54, 1.807) is 12.1 Å². The summed E-state index contributed by atoms with van der Waals surface area (Å²) in [6.07, 6.45) is -2.49. The molecule has 1 saturated heterocycles. The normalized spacial score (nSPS) is 18.9. The molecule has 3 rings (SSSR count). The molecule has 1 unspecified atom stereocenters. The van der Waals surface area contributed by atoms with E-state index in [9.17, 15) is 21.6 Å². The lowest BCUT2D eigenvalue weighted by atomic mass is 10.1. The van der Waals surface area contributed by atoms with Crippen molar-refractivity contribution in [2.45, 2.75) is 30.2 Å². The zero-order valence-corrected chi connectivity index (χ0v) is 14.8. The number of ether oxygens (including phenoxy) is 2. The van der Waals surface area contributed by atoms with Crippen LogP contribution in [0.3, 0.4) is 0 Å². The number of sulfonamides is 1. The van der Waals surface area contributed by atoms with E-state index in [2.05, 4.69) is 14.9 Å². The van der Waals surface area contributed by atoms with E-state index in [1.165, 1.54) is 10.5 Å². The minimum Gasteiger partial charge on any atom is -0.472 e. The van der Waals surface area contributed by atoms with E-state index in [-0.39, 0.29) is 11.4 Å². The third-order valence-corrected chi connectivity index (χ3v) is 5.75. The zero-order valence-electron chi connectivity index (χ0n) is 14.0. The summed E-state index contributed by atoms with van der Waals surface area (Å²) < 4.78 is 72.8. The predicted octanol–water partition coefficient (Wildman–Crippen LogP) is 2.61. The standard InChI is InChI=1S/C16H16F3N3O4S/c17-16(18,19)26-12-5-7-14(8-6-12)27(23,24)22-10-2-3-13(11-22)25-15-4-1-9-20-21-15/h1,4-9,13H,2-3,10-11H2. The van der Waals surface area contributed by atoms with Gasteiger partial charge in [0.2, 0.25) is 15.9 Å². The molecule has 0 saturated carbocycles. The van der Waals surface area contributed by atoms with Gasteiger partial charge in [-0.25, -0.2) is 8.42 Å². The molecule has 0 aliphatic carbocycles. The molecular weight excluding hydrogens is 387 g/mol. The molecule has 0 spiro atoms. The topological polar surface area (TPSA) is 81.6 Å². The number of hydrogen-bond acceptors (Lipinski definition) is 6. The molecule has 1 aliphatic rings. The molecule has 1 aromatic carbocycles. The second kappa shape index (κ2) is 7.69. The molecular formula is C16H16F3N3O4S. The van der Waals surface area contributed by atoms with Crippen LogP contribution < -0.4 is 9.47 Å². The van der Waals surface area contributed by atoms with Crippen molar-refractivity contribution in [1.29, 1.82) is 0 Å². The third kappa shape index (κ3) is 5.07. The van der Waals surface area contributed by atoms with Crippen LogP contribution in [0, 0.1) is 0 Å². The van der Waals surface area contributed by atoms with Crippen molar-refractivity contribution in [2.75, 3.05) is 13.1 Å². The Kier molecular flexibility index (Phi) is 5.51.